The van der Waals surface area contributed by atoms with Gasteiger partial charge in [0, 0.05) is 18.2 Å². The molecule has 32 heavy (non-hydrogen) atoms. The first kappa shape index (κ1) is 22.8. The molecule has 1 aliphatic rings. The number of hydrogen-bond donors (Lipinski definition) is 5. The summed E-state index contributed by atoms with van der Waals surface area (Å²) >= 11 is 0. The number of aliphatic hydroxyl groups excluding tert-OH is 5. The average molecular weight is 445 g/mol. The predicted molar refractivity (Wildman–Crippen MR) is 116 cm³/mol. The Kier molecular flexibility index (Phi) is 6.62. The van der Waals surface area contributed by atoms with Crippen molar-refractivity contribution in [2.24, 2.45) is 0 Å². The summed E-state index contributed by atoms with van der Waals surface area (Å²) in [6.07, 6.45) is -3.99. The molecule has 7 nitrogen and oxygen atoms in total. The van der Waals surface area contributed by atoms with E-state index >= 15 is 4.39 Å². The van der Waals surface area contributed by atoms with E-state index in [-0.39, 0.29) is 6.61 Å². The summed E-state index contributed by atoms with van der Waals surface area (Å²) in [5.41, 5.74) is 3.78. The minimum atomic E-state index is -1.53. The van der Waals surface area contributed by atoms with Gasteiger partial charge in [-0.05, 0) is 54.2 Å². The molecule has 1 aromatic heterocycles. The first-order valence-electron chi connectivity index (χ1n) is 10.6. The number of halogens is 1. The maximum atomic E-state index is 15.1. The monoisotopic (exact) mass is 445 g/mol. The summed E-state index contributed by atoms with van der Waals surface area (Å²) in [6.45, 7) is 1.28. The number of aromatic nitrogens is 1. The van der Waals surface area contributed by atoms with Gasteiger partial charge in [0.1, 0.15) is 30.2 Å². The smallest absolute Gasteiger partial charge is 0.163 e. The summed E-state index contributed by atoms with van der Waals surface area (Å²) < 4.78 is 22.3. The molecule has 172 valence electrons. The van der Waals surface area contributed by atoms with E-state index in [4.69, 9.17) is 9.84 Å². The zero-order valence-corrected chi connectivity index (χ0v) is 17.7. The van der Waals surface area contributed by atoms with Crippen LogP contribution in [0.25, 0.3) is 10.9 Å². The van der Waals surface area contributed by atoms with Gasteiger partial charge in [-0.1, -0.05) is 24.3 Å². The summed E-state index contributed by atoms with van der Waals surface area (Å²) in [7, 11) is 0. The molecule has 5 N–H and O–H groups in total. The van der Waals surface area contributed by atoms with Crippen LogP contribution in [0.2, 0.25) is 0 Å². The van der Waals surface area contributed by atoms with E-state index in [1.807, 2.05) is 24.3 Å². The topological polar surface area (TPSA) is 115 Å². The lowest BCUT2D eigenvalue weighted by Crippen LogP contribution is -2.56. The van der Waals surface area contributed by atoms with Crippen LogP contribution in [0, 0.1) is 12.7 Å². The van der Waals surface area contributed by atoms with Crippen LogP contribution in [0.15, 0.2) is 42.6 Å². The quantitative estimate of drug-likeness (QED) is 0.389. The minimum absolute atomic E-state index is 0.0660. The van der Waals surface area contributed by atoms with Crippen LogP contribution < -0.4 is 0 Å². The molecule has 0 unspecified atom stereocenters. The van der Waals surface area contributed by atoms with Gasteiger partial charge in [0.25, 0.3) is 0 Å². The van der Waals surface area contributed by atoms with Crippen LogP contribution in [0.3, 0.4) is 0 Å². The number of nitrogens with zero attached hydrogens (tertiary/aromatic N) is 1. The highest BCUT2D eigenvalue weighted by molar-refractivity contribution is 5.86. The largest absolute Gasteiger partial charge is 0.396 e. The van der Waals surface area contributed by atoms with Gasteiger partial charge in [0.15, 0.2) is 6.23 Å². The Balaban J connectivity index is 1.77. The van der Waals surface area contributed by atoms with Gasteiger partial charge < -0.3 is 34.8 Å². The van der Waals surface area contributed by atoms with Gasteiger partial charge in [-0.3, -0.25) is 0 Å². The second-order valence-electron chi connectivity index (χ2n) is 8.39. The number of benzene rings is 2. The van der Waals surface area contributed by atoms with Gasteiger partial charge in [-0.15, -0.1) is 0 Å². The fourth-order valence-corrected chi connectivity index (χ4v) is 4.38. The highest BCUT2D eigenvalue weighted by Crippen LogP contribution is 2.35. The Morgan fingerprint density at radius 1 is 0.969 bits per heavy atom. The van der Waals surface area contributed by atoms with E-state index in [9.17, 15) is 20.4 Å². The van der Waals surface area contributed by atoms with Crippen molar-refractivity contribution in [1.29, 1.82) is 0 Å². The average Bonchev–Trinajstić information content (AvgIpc) is 3.12. The molecule has 0 saturated carbocycles. The Hall–Kier alpha value is -2.33. The normalized spacial score (nSPS) is 26.0. The molecule has 0 amide bonds. The molecular formula is C24H28FNO6. The van der Waals surface area contributed by atoms with E-state index in [0.717, 1.165) is 11.1 Å². The number of rotatable bonds is 6. The van der Waals surface area contributed by atoms with E-state index in [1.54, 1.807) is 23.8 Å². The van der Waals surface area contributed by atoms with Crippen LogP contribution in [0.1, 0.15) is 28.5 Å². The maximum absolute atomic E-state index is 15.1. The van der Waals surface area contributed by atoms with Crippen molar-refractivity contribution in [1.82, 2.24) is 4.57 Å². The SMILES string of the molecule is Cc1cc(F)c2c(Cc3ccc(CCO)cc3)cn([C@@H]3O[C@H](CO)[C@@H](O)[C@H](O)[C@H]3O)c2c1. The van der Waals surface area contributed by atoms with Crippen molar-refractivity contribution >= 4 is 10.9 Å². The lowest BCUT2D eigenvalue weighted by molar-refractivity contribution is -0.250. The molecule has 5 atom stereocenters. The number of ether oxygens (including phenoxy) is 1. The Morgan fingerprint density at radius 2 is 1.66 bits per heavy atom. The Bertz CT molecular complexity index is 1080. The van der Waals surface area contributed by atoms with Crippen LogP contribution in [-0.2, 0) is 17.6 Å². The van der Waals surface area contributed by atoms with Crippen molar-refractivity contribution < 1.29 is 34.7 Å². The number of fused-ring (bicyclic) bond motifs is 1. The van der Waals surface area contributed by atoms with Crippen LogP contribution in [0.4, 0.5) is 4.39 Å². The molecule has 3 aromatic rings. The zero-order chi connectivity index (χ0) is 23.0. The third-order valence-corrected chi connectivity index (χ3v) is 6.07. The molecule has 1 saturated heterocycles. The molecule has 0 bridgehead atoms. The third kappa shape index (κ3) is 4.17. The minimum Gasteiger partial charge on any atom is -0.396 e. The molecule has 1 aliphatic heterocycles. The lowest BCUT2D eigenvalue weighted by atomic mass is 9.98. The highest BCUT2D eigenvalue weighted by Gasteiger charge is 2.44. The molecule has 0 spiro atoms. The first-order chi connectivity index (χ1) is 15.3. The van der Waals surface area contributed by atoms with Gasteiger partial charge >= 0.3 is 0 Å². The fraction of sp³-hybridized carbons (Fsp3) is 0.417. The fourth-order valence-electron chi connectivity index (χ4n) is 4.38. The van der Waals surface area contributed by atoms with E-state index < -0.39 is 43.1 Å². The second-order valence-corrected chi connectivity index (χ2v) is 8.39. The molecule has 0 radical (unpaired) electrons. The van der Waals surface area contributed by atoms with Crippen LogP contribution >= 0.6 is 0 Å². The molecule has 2 heterocycles. The number of aryl methyl sites for hydroxylation is 1. The van der Waals surface area contributed by atoms with Crippen molar-refractivity contribution in [3.63, 3.8) is 0 Å². The highest BCUT2D eigenvalue weighted by atomic mass is 19.1. The summed E-state index contributed by atoms with van der Waals surface area (Å²) in [5, 5.41) is 49.9. The van der Waals surface area contributed by atoms with Gasteiger partial charge in [0.05, 0.1) is 12.1 Å². The Morgan fingerprint density at radius 3 is 2.31 bits per heavy atom. The van der Waals surface area contributed by atoms with Crippen molar-refractivity contribution in [3.05, 3.63) is 70.7 Å². The van der Waals surface area contributed by atoms with E-state index in [1.165, 1.54) is 6.07 Å². The third-order valence-electron chi connectivity index (χ3n) is 6.07. The zero-order valence-electron chi connectivity index (χ0n) is 17.7. The summed E-state index contributed by atoms with van der Waals surface area (Å²) in [4.78, 5) is 0. The van der Waals surface area contributed by atoms with Crippen molar-refractivity contribution in [2.45, 2.75) is 50.4 Å². The molecule has 2 aromatic carbocycles. The lowest BCUT2D eigenvalue weighted by Gasteiger charge is -2.40. The van der Waals surface area contributed by atoms with Gasteiger partial charge in [-0.2, -0.15) is 0 Å². The molecular weight excluding hydrogens is 417 g/mol. The summed E-state index contributed by atoms with van der Waals surface area (Å²) in [6, 6.07) is 10.9. The van der Waals surface area contributed by atoms with Gasteiger partial charge in [-0.25, -0.2) is 4.39 Å². The summed E-state index contributed by atoms with van der Waals surface area (Å²) in [5.74, 6) is -0.407. The molecule has 4 rings (SSSR count). The van der Waals surface area contributed by atoms with Crippen molar-refractivity contribution in [2.75, 3.05) is 13.2 Å². The molecule has 0 aliphatic carbocycles. The van der Waals surface area contributed by atoms with Crippen LogP contribution in [0.5, 0.6) is 0 Å². The molecule has 1 fully saturated rings. The van der Waals surface area contributed by atoms with Gasteiger partial charge in [0.2, 0.25) is 0 Å². The number of hydrogen-bond acceptors (Lipinski definition) is 6. The van der Waals surface area contributed by atoms with E-state index in [2.05, 4.69) is 0 Å². The predicted octanol–water partition coefficient (Wildman–Crippen LogP) is 1.19. The standard InChI is InChI=1S/C24H28FNO6/c1-13-8-17(25)20-16(10-15-4-2-14(3-5-15)6-7-27)11-26(18(20)9-13)24-23(31)22(30)21(29)19(12-28)32-24/h2-5,8-9,11,19,21-24,27-31H,6-7,10,12H2,1H3/t19-,21-,22+,23-,24-/m1/s1. The maximum Gasteiger partial charge on any atom is 0.163 e. The second kappa shape index (κ2) is 9.27. The van der Waals surface area contributed by atoms with E-state index in [0.29, 0.717) is 34.9 Å². The van der Waals surface area contributed by atoms with Crippen molar-refractivity contribution in [3.8, 4) is 0 Å². The molecule has 8 heteroatoms. The van der Waals surface area contributed by atoms with Crippen LogP contribution in [-0.4, -0.2) is 67.7 Å². The Labute approximate surface area is 184 Å². The first-order valence-corrected chi connectivity index (χ1v) is 10.6. The number of aliphatic hydroxyl groups is 5.